The van der Waals surface area contributed by atoms with Gasteiger partial charge in [-0.2, -0.15) is 0 Å². The van der Waals surface area contributed by atoms with Crippen molar-refractivity contribution in [2.24, 2.45) is 0 Å². The Labute approximate surface area is 141 Å². The Morgan fingerprint density at radius 3 is 2.56 bits per heavy atom. The monoisotopic (exact) mass is 345 g/mol. The lowest BCUT2D eigenvalue weighted by molar-refractivity contribution is 0.102. The van der Waals surface area contributed by atoms with Crippen LogP contribution in [0.5, 0.6) is 0 Å². The minimum absolute atomic E-state index is 0.0764. The van der Waals surface area contributed by atoms with Gasteiger partial charge in [-0.15, -0.1) is 0 Å². The van der Waals surface area contributed by atoms with Gasteiger partial charge in [0.15, 0.2) is 17.5 Å². The zero-order chi connectivity index (χ0) is 18.0. The summed E-state index contributed by atoms with van der Waals surface area (Å²) in [7, 11) is 0. The molecule has 9 heteroatoms. The van der Waals surface area contributed by atoms with E-state index in [4.69, 9.17) is 4.52 Å². The number of carbonyl (C=O) groups is 1. The highest BCUT2D eigenvalue weighted by atomic mass is 19.2. The molecule has 0 aliphatic rings. The van der Waals surface area contributed by atoms with E-state index in [0.29, 0.717) is 11.5 Å². The molecule has 7 nitrogen and oxygen atoms in total. The van der Waals surface area contributed by atoms with Crippen molar-refractivity contribution >= 4 is 23.4 Å². The van der Waals surface area contributed by atoms with Gasteiger partial charge in [0.25, 0.3) is 5.91 Å². The summed E-state index contributed by atoms with van der Waals surface area (Å²) in [5.41, 5.74) is 0.850. The third-order valence-electron chi connectivity index (χ3n) is 3.13. The fraction of sp³-hybridized carbons (Fsp3) is 0.125. The standard InChI is InChI=1S/C16H13F2N5O2/c1-8-5-13(15(24)22-14-6-9(2)25-23-14)21-16(19-8)20-10-3-4-11(17)12(18)7-10/h3-7H,1-2H3,(H,19,20,21)(H,22,23,24). The van der Waals surface area contributed by atoms with E-state index in [1.54, 1.807) is 19.9 Å². The van der Waals surface area contributed by atoms with Crippen molar-refractivity contribution in [3.05, 3.63) is 59.1 Å². The second-order valence-electron chi connectivity index (χ2n) is 5.25. The molecule has 1 aromatic carbocycles. The number of aryl methyl sites for hydroxylation is 2. The molecule has 1 amide bonds. The molecule has 2 N–H and O–H groups in total. The summed E-state index contributed by atoms with van der Waals surface area (Å²) in [6, 6.07) is 6.33. The Hall–Kier alpha value is -3.36. The molecular weight excluding hydrogens is 332 g/mol. The van der Waals surface area contributed by atoms with Gasteiger partial charge in [-0.1, -0.05) is 5.16 Å². The Bertz CT molecular complexity index is 942. The highest BCUT2D eigenvalue weighted by molar-refractivity contribution is 6.02. The zero-order valence-electron chi connectivity index (χ0n) is 13.3. The Morgan fingerprint density at radius 1 is 1.08 bits per heavy atom. The van der Waals surface area contributed by atoms with E-state index < -0.39 is 17.5 Å². The second kappa shape index (κ2) is 6.63. The van der Waals surface area contributed by atoms with Gasteiger partial charge in [0, 0.05) is 23.5 Å². The largest absolute Gasteiger partial charge is 0.360 e. The van der Waals surface area contributed by atoms with E-state index in [-0.39, 0.29) is 23.1 Å². The van der Waals surface area contributed by atoms with Crippen LogP contribution in [0.3, 0.4) is 0 Å². The van der Waals surface area contributed by atoms with Crippen LogP contribution in [0.25, 0.3) is 0 Å². The second-order valence-corrected chi connectivity index (χ2v) is 5.25. The molecule has 0 saturated carbocycles. The van der Waals surface area contributed by atoms with Crippen LogP contribution in [0.1, 0.15) is 21.9 Å². The smallest absolute Gasteiger partial charge is 0.275 e. The first kappa shape index (κ1) is 16.5. The molecule has 0 spiro atoms. The summed E-state index contributed by atoms with van der Waals surface area (Å²) in [5.74, 6) is -1.58. The summed E-state index contributed by atoms with van der Waals surface area (Å²) < 4.78 is 31.1. The molecule has 25 heavy (non-hydrogen) atoms. The predicted molar refractivity (Wildman–Crippen MR) is 85.6 cm³/mol. The molecule has 128 valence electrons. The molecule has 2 aromatic heterocycles. The number of hydrogen-bond acceptors (Lipinski definition) is 6. The van der Waals surface area contributed by atoms with E-state index in [1.807, 2.05) is 0 Å². The molecule has 0 saturated heterocycles. The van der Waals surface area contributed by atoms with Gasteiger partial charge in [0.2, 0.25) is 5.95 Å². The number of benzene rings is 1. The lowest BCUT2D eigenvalue weighted by Gasteiger charge is -2.08. The molecular formula is C16H13F2N5O2. The van der Waals surface area contributed by atoms with Crippen molar-refractivity contribution in [3.8, 4) is 0 Å². The van der Waals surface area contributed by atoms with Crippen LogP contribution in [0.2, 0.25) is 0 Å². The summed E-state index contributed by atoms with van der Waals surface area (Å²) in [6.45, 7) is 3.37. The van der Waals surface area contributed by atoms with Crippen molar-refractivity contribution in [2.45, 2.75) is 13.8 Å². The summed E-state index contributed by atoms with van der Waals surface area (Å²) in [5, 5.41) is 8.94. The molecule has 0 bridgehead atoms. The number of aromatic nitrogens is 3. The number of nitrogens with one attached hydrogen (secondary N) is 2. The minimum Gasteiger partial charge on any atom is -0.360 e. The van der Waals surface area contributed by atoms with Crippen LogP contribution in [-0.2, 0) is 0 Å². The molecule has 3 aromatic rings. The lowest BCUT2D eigenvalue weighted by Crippen LogP contribution is -2.15. The van der Waals surface area contributed by atoms with E-state index in [9.17, 15) is 13.6 Å². The molecule has 0 aliphatic heterocycles. The SMILES string of the molecule is Cc1cc(C(=O)Nc2cc(C)on2)nc(Nc2ccc(F)c(F)c2)n1. The van der Waals surface area contributed by atoms with Gasteiger partial charge in [-0.25, -0.2) is 18.7 Å². The van der Waals surface area contributed by atoms with Crippen LogP contribution in [0.15, 0.2) is 34.9 Å². The van der Waals surface area contributed by atoms with Crippen molar-refractivity contribution in [1.29, 1.82) is 0 Å². The number of rotatable bonds is 4. The first-order valence-electron chi connectivity index (χ1n) is 7.23. The van der Waals surface area contributed by atoms with Crippen molar-refractivity contribution in [3.63, 3.8) is 0 Å². The van der Waals surface area contributed by atoms with E-state index in [2.05, 4.69) is 25.8 Å². The molecule has 3 rings (SSSR count). The van der Waals surface area contributed by atoms with E-state index in [0.717, 1.165) is 12.1 Å². The minimum atomic E-state index is -1.00. The fourth-order valence-electron chi connectivity index (χ4n) is 2.05. The Balaban J connectivity index is 1.82. The highest BCUT2D eigenvalue weighted by Crippen LogP contribution is 2.17. The van der Waals surface area contributed by atoms with Crippen LogP contribution in [-0.4, -0.2) is 21.0 Å². The van der Waals surface area contributed by atoms with Crippen LogP contribution < -0.4 is 10.6 Å². The van der Waals surface area contributed by atoms with Crippen LogP contribution in [0, 0.1) is 25.5 Å². The first-order valence-corrected chi connectivity index (χ1v) is 7.23. The fourth-order valence-corrected chi connectivity index (χ4v) is 2.05. The van der Waals surface area contributed by atoms with Gasteiger partial charge in [0.05, 0.1) is 0 Å². The Morgan fingerprint density at radius 2 is 1.88 bits per heavy atom. The zero-order valence-corrected chi connectivity index (χ0v) is 13.3. The summed E-state index contributed by atoms with van der Waals surface area (Å²) in [6.07, 6.45) is 0. The highest BCUT2D eigenvalue weighted by Gasteiger charge is 2.13. The number of hydrogen-bond donors (Lipinski definition) is 2. The third-order valence-corrected chi connectivity index (χ3v) is 3.13. The Kier molecular flexibility index (Phi) is 4.38. The number of halogens is 2. The van der Waals surface area contributed by atoms with Crippen molar-refractivity contribution in [1.82, 2.24) is 15.1 Å². The van der Waals surface area contributed by atoms with Crippen molar-refractivity contribution < 1.29 is 18.1 Å². The quantitative estimate of drug-likeness (QED) is 0.753. The molecule has 0 unspecified atom stereocenters. The summed E-state index contributed by atoms with van der Waals surface area (Å²) >= 11 is 0. The lowest BCUT2D eigenvalue weighted by atomic mass is 10.3. The number of amides is 1. The van der Waals surface area contributed by atoms with Gasteiger partial charge < -0.3 is 15.2 Å². The van der Waals surface area contributed by atoms with E-state index in [1.165, 1.54) is 12.1 Å². The number of anilines is 3. The van der Waals surface area contributed by atoms with Crippen molar-refractivity contribution in [2.75, 3.05) is 10.6 Å². The average molecular weight is 345 g/mol. The molecule has 0 aliphatic carbocycles. The summed E-state index contributed by atoms with van der Waals surface area (Å²) in [4.78, 5) is 20.5. The molecule has 2 heterocycles. The van der Waals surface area contributed by atoms with Gasteiger partial charge in [0.1, 0.15) is 11.5 Å². The van der Waals surface area contributed by atoms with Crippen LogP contribution in [0.4, 0.5) is 26.2 Å². The van der Waals surface area contributed by atoms with Crippen LogP contribution >= 0.6 is 0 Å². The third kappa shape index (κ3) is 3.94. The maximum absolute atomic E-state index is 13.3. The average Bonchev–Trinajstić information content (AvgIpc) is 2.95. The topological polar surface area (TPSA) is 92.9 Å². The molecule has 0 radical (unpaired) electrons. The van der Waals surface area contributed by atoms with Gasteiger partial charge >= 0.3 is 0 Å². The van der Waals surface area contributed by atoms with Gasteiger partial charge in [-0.05, 0) is 32.0 Å². The number of carbonyl (C=O) groups excluding carboxylic acids is 1. The normalized spacial score (nSPS) is 10.6. The maximum atomic E-state index is 13.3. The predicted octanol–water partition coefficient (Wildman–Crippen LogP) is 3.36. The van der Waals surface area contributed by atoms with E-state index >= 15 is 0 Å². The molecule has 0 fully saturated rings. The first-order chi connectivity index (χ1) is 11.9. The maximum Gasteiger partial charge on any atom is 0.275 e. The number of nitrogens with zero attached hydrogens (tertiary/aromatic N) is 3. The molecule has 0 atom stereocenters. The van der Waals surface area contributed by atoms with Gasteiger partial charge in [-0.3, -0.25) is 4.79 Å².